The summed E-state index contributed by atoms with van der Waals surface area (Å²) in [5.41, 5.74) is 0.980. The Morgan fingerprint density at radius 3 is 3.09 bits per heavy atom. The zero-order valence-corrected chi connectivity index (χ0v) is 7.63. The molecule has 11 heavy (non-hydrogen) atoms. The van der Waals surface area contributed by atoms with Crippen LogP contribution in [0.3, 0.4) is 0 Å². The maximum Gasteiger partial charge on any atom is 0.0428 e. The summed E-state index contributed by atoms with van der Waals surface area (Å²) in [4.78, 5) is 3.95. The summed E-state index contributed by atoms with van der Waals surface area (Å²) in [6.45, 7) is 0. The first-order chi connectivity index (χ1) is 5.43. The number of alkyl halides is 1. The topological polar surface area (TPSA) is 12.9 Å². The van der Waals surface area contributed by atoms with Crippen LogP contribution >= 0.6 is 15.9 Å². The van der Waals surface area contributed by atoms with Gasteiger partial charge in [-0.1, -0.05) is 27.8 Å². The minimum Gasteiger partial charge on any atom is -0.263 e. The van der Waals surface area contributed by atoms with Gasteiger partial charge in [-0.25, -0.2) is 0 Å². The molecule has 1 aromatic rings. The molecule has 0 amide bonds. The van der Waals surface area contributed by atoms with E-state index in [9.17, 15) is 0 Å². The molecular formula is C9H8BrN. The van der Waals surface area contributed by atoms with Gasteiger partial charge in [0.05, 0.1) is 0 Å². The fourth-order valence-electron chi connectivity index (χ4n) is 0.649. The Bertz CT molecular complexity index is 258. The molecule has 1 aromatic heterocycles. The number of nitrogens with zero attached hydrogens (tertiary/aromatic N) is 1. The molecule has 0 saturated heterocycles. The molecule has 0 bridgehead atoms. The van der Waals surface area contributed by atoms with E-state index in [4.69, 9.17) is 0 Å². The van der Waals surface area contributed by atoms with Gasteiger partial charge >= 0.3 is 0 Å². The maximum absolute atomic E-state index is 3.95. The van der Waals surface area contributed by atoms with Crippen molar-refractivity contribution in [3.63, 3.8) is 0 Å². The van der Waals surface area contributed by atoms with E-state index in [1.54, 1.807) is 12.4 Å². The average Bonchev–Trinajstić information content (AvgIpc) is 2.07. The number of pyridine rings is 1. The Kier molecular flexibility index (Phi) is 3.71. The van der Waals surface area contributed by atoms with Crippen LogP contribution in [0.25, 0.3) is 0 Å². The molecule has 0 aliphatic carbocycles. The number of hydrogen-bond donors (Lipinski definition) is 0. The van der Waals surface area contributed by atoms with Crippen LogP contribution in [0.1, 0.15) is 12.0 Å². The number of rotatable bonds is 1. The molecule has 56 valence electrons. The summed E-state index contributed by atoms with van der Waals surface area (Å²) in [6.07, 6.45) is 4.39. The first-order valence-electron chi connectivity index (χ1n) is 3.38. The largest absolute Gasteiger partial charge is 0.263 e. The molecule has 0 aliphatic rings. The minimum absolute atomic E-state index is 0.884. The van der Waals surface area contributed by atoms with E-state index >= 15 is 0 Å². The summed E-state index contributed by atoms with van der Waals surface area (Å²) >= 11 is 3.30. The smallest absolute Gasteiger partial charge is 0.0428 e. The quantitative estimate of drug-likeness (QED) is 0.511. The van der Waals surface area contributed by atoms with E-state index in [1.807, 2.05) is 12.1 Å². The first kappa shape index (κ1) is 8.29. The molecule has 1 nitrogen and oxygen atoms in total. The first-order valence-corrected chi connectivity index (χ1v) is 4.50. The van der Waals surface area contributed by atoms with Crippen LogP contribution in [0.15, 0.2) is 24.5 Å². The van der Waals surface area contributed by atoms with E-state index in [0.717, 1.165) is 17.3 Å². The van der Waals surface area contributed by atoms with Crippen LogP contribution in [0.2, 0.25) is 0 Å². The minimum atomic E-state index is 0.884. The molecule has 1 heterocycles. The van der Waals surface area contributed by atoms with Crippen molar-refractivity contribution in [1.29, 1.82) is 0 Å². The summed E-state index contributed by atoms with van der Waals surface area (Å²) in [7, 11) is 0. The second kappa shape index (κ2) is 4.92. The van der Waals surface area contributed by atoms with Gasteiger partial charge in [0.25, 0.3) is 0 Å². The lowest BCUT2D eigenvalue weighted by Gasteiger charge is -1.84. The van der Waals surface area contributed by atoms with Gasteiger partial charge in [0, 0.05) is 29.7 Å². The van der Waals surface area contributed by atoms with Gasteiger partial charge in [-0.05, 0) is 12.1 Å². The van der Waals surface area contributed by atoms with Gasteiger partial charge < -0.3 is 0 Å². The van der Waals surface area contributed by atoms with Crippen LogP contribution in [-0.4, -0.2) is 10.3 Å². The Balaban J connectivity index is 2.59. The fraction of sp³-hybridized carbons (Fsp3) is 0.222. The molecule has 0 N–H and O–H groups in total. The molecule has 0 aromatic carbocycles. The third-order valence-corrected chi connectivity index (χ3v) is 1.51. The van der Waals surface area contributed by atoms with Crippen molar-refractivity contribution in [2.24, 2.45) is 0 Å². The molecule has 2 heteroatoms. The van der Waals surface area contributed by atoms with E-state index in [1.165, 1.54) is 0 Å². The van der Waals surface area contributed by atoms with Crippen LogP contribution in [0, 0.1) is 11.8 Å². The molecular weight excluding hydrogens is 202 g/mol. The van der Waals surface area contributed by atoms with Crippen molar-refractivity contribution in [3.8, 4) is 11.8 Å². The average molecular weight is 210 g/mol. The molecule has 0 fully saturated rings. The molecule has 0 spiro atoms. The normalized spacial score (nSPS) is 8.45. The van der Waals surface area contributed by atoms with Crippen molar-refractivity contribution >= 4 is 15.9 Å². The second-order valence-corrected chi connectivity index (χ2v) is 2.78. The molecule has 1 rings (SSSR count). The maximum atomic E-state index is 3.95. The number of aromatic nitrogens is 1. The third-order valence-electron chi connectivity index (χ3n) is 1.11. The lowest BCUT2D eigenvalue weighted by Crippen LogP contribution is -1.75. The highest BCUT2D eigenvalue weighted by Gasteiger charge is 1.80. The van der Waals surface area contributed by atoms with Crippen LogP contribution in [0.5, 0.6) is 0 Å². The number of halogens is 1. The highest BCUT2D eigenvalue weighted by atomic mass is 79.9. The van der Waals surface area contributed by atoms with Crippen molar-refractivity contribution in [3.05, 3.63) is 30.1 Å². The van der Waals surface area contributed by atoms with E-state index in [-0.39, 0.29) is 0 Å². The van der Waals surface area contributed by atoms with Crippen LogP contribution in [-0.2, 0) is 0 Å². The van der Waals surface area contributed by atoms with Gasteiger partial charge in [-0.2, -0.15) is 0 Å². The zero-order chi connectivity index (χ0) is 7.94. The molecule has 0 unspecified atom stereocenters. The Morgan fingerprint density at radius 2 is 2.45 bits per heavy atom. The van der Waals surface area contributed by atoms with E-state index in [0.29, 0.717) is 0 Å². The van der Waals surface area contributed by atoms with Gasteiger partial charge in [-0.15, -0.1) is 0 Å². The Labute approximate surface area is 75.0 Å². The van der Waals surface area contributed by atoms with Gasteiger partial charge in [0.1, 0.15) is 0 Å². The highest BCUT2D eigenvalue weighted by Crippen LogP contribution is 1.92. The predicted octanol–water partition coefficient (Wildman–Crippen LogP) is 2.22. The lowest BCUT2D eigenvalue weighted by atomic mass is 10.3. The Morgan fingerprint density at radius 1 is 1.55 bits per heavy atom. The van der Waals surface area contributed by atoms with Gasteiger partial charge in [-0.3, -0.25) is 4.98 Å². The Hall–Kier alpha value is -0.810. The van der Waals surface area contributed by atoms with E-state index in [2.05, 4.69) is 32.8 Å². The van der Waals surface area contributed by atoms with Gasteiger partial charge in [0.15, 0.2) is 0 Å². The fourth-order valence-corrected chi connectivity index (χ4v) is 0.847. The van der Waals surface area contributed by atoms with Crippen molar-refractivity contribution in [2.75, 3.05) is 5.33 Å². The van der Waals surface area contributed by atoms with Gasteiger partial charge in [0.2, 0.25) is 0 Å². The summed E-state index contributed by atoms with van der Waals surface area (Å²) < 4.78 is 0. The van der Waals surface area contributed by atoms with Crippen molar-refractivity contribution in [1.82, 2.24) is 4.98 Å². The van der Waals surface area contributed by atoms with Crippen molar-refractivity contribution in [2.45, 2.75) is 6.42 Å². The second-order valence-electron chi connectivity index (χ2n) is 1.98. The van der Waals surface area contributed by atoms with Crippen molar-refractivity contribution < 1.29 is 0 Å². The highest BCUT2D eigenvalue weighted by molar-refractivity contribution is 9.09. The monoisotopic (exact) mass is 209 g/mol. The standard InChI is InChI=1S/C9H8BrN/c10-6-2-1-4-9-5-3-7-11-8-9/h3,5,7-8H,2,6H2. The summed E-state index contributed by atoms with van der Waals surface area (Å²) in [6, 6.07) is 3.84. The predicted molar refractivity (Wildman–Crippen MR) is 49.5 cm³/mol. The molecule has 0 radical (unpaired) electrons. The van der Waals surface area contributed by atoms with E-state index < -0.39 is 0 Å². The SMILES string of the molecule is BrCCC#Cc1cccnc1. The molecule has 0 aliphatic heterocycles. The summed E-state index contributed by atoms with van der Waals surface area (Å²) in [5.74, 6) is 6.02. The third kappa shape index (κ3) is 3.20. The lowest BCUT2D eigenvalue weighted by molar-refractivity contribution is 1.30. The van der Waals surface area contributed by atoms with Crippen LogP contribution in [0.4, 0.5) is 0 Å². The number of hydrogen-bond acceptors (Lipinski definition) is 1. The van der Waals surface area contributed by atoms with Crippen LogP contribution < -0.4 is 0 Å². The molecule has 0 atom stereocenters. The zero-order valence-electron chi connectivity index (χ0n) is 6.05. The molecule has 0 saturated carbocycles. The summed E-state index contributed by atoms with van der Waals surface area (Å²) in [5, 5.41) is 0.931.